The molecule has 0 fully saturated rings. The van der Waals surface area contributed by atoms with E-state index in [1.807, 2.05) is 19.2 Å². The Balaban J connectivity index is 2.03. The summed E-state index contributed by atoms with van der Waals surface area (Å²) >= 11 is 2.62. The molecule has 202 valence electrons. The number of carbonyl (C=O) groups excluding carboxylic acids is 1. The van der Waals surface area contributed by atoms with Crippen molar-refractivity contribution < 1.29 is 22.4 Å². The lowest BCUT2D eigenvalue weighted by Crippen LogP contribution is -2.41. The zero-order valence-electron chi connectivity index (χ0n) is 22.3. The number of pyridine rings is 1. The summed E-state index contributed by atoms with van der Waals surface area (Å²) in [5.41, 5.74) is 0.848. The van der Waals surface area contributed by atoms with Crippen molar-refractivity contribution >= 4 is 59.1 Å². The summed E-state index contributed by atoms with van der Waals surface area (Å²) < 4.78 is 38.9. The number of hydrogen-bond acceptors (Lipinski definition) is 9. The molecule has 13 heteroatoms. The molecule has 2 rings (SSSR count). The molecular formula is C23H38N4O5S3Si. The molecule has 0 saturated carbocycles. The Hall–Kier alpha value is -1.64. The SMILES string of the molecule is COCCc1sc(S(=O)(=O)NC(=O)Nc2cc(SC)cc(NCCO[Si](C)(C)C(C)(C)C)n2)cc1C. The highest BCUT2D eigenvalue weighted by Crippen LogP contribution is 2.36. The molecule has 0 atom stereocenters. The number of methoxy groups -OCH3 is 1. The lowest BCUT2D eigenvalue weighted by atomic mass is 10.2. The third-order valence-electron chi connectivity index (χ3n) is 5.98. The minimum atomic E-state index is -4.02. The number of sulfonamides is 1. The van der Waals surface area contributed by atoms with Gasteiger partial charge in [0.1, 0.15) is 15.8 Å². The van der Waals surface area contributed by atoms with Gasteiger partial charge in [-0.3, -0.25) is 5.32 Å². The molecule has 0 spiro atoms. The van der Waals surface area contributed by atoms with E-state index in [2.05, 4.69) is 54.2 Å². The maximum absolute atomic E-state index is 12.7. The number of rotatable bonds is 12. The van der Waals surface area contributed by atoms with E-state index >= 15 is 0 Å². The maximum atomic E-state index is 12.7. The molecule has 0 aliphatic carbocycles. The Morgan fingerprint density at radius 3 is 2.44 bits per heavy atom. The number of nitrogens with zero attached hydrogens (tertiary/aromatic N) is 1. The average Bonchev–Trinajstić information content (AvgIpc) is 3.15. The number of aromatic nitrogens is 1. The highest BCUT2D eigenvalue weighted by molar-refractivity contribution is 7.98. The quantitative estimate of drug-likeness (QED) is 0.177. The molecule has 0 radical (unpaired) electrons. The number of thiophene rings is 1. The van der Waals surface area contributed by atoms with Gasteiger partial charge in [0, 0.05) is 29.8 Å². The molecule has 9 nitrogen and oxygen atoms in total. The first-order chi connectivity index (χ1) is 16.7. The fraction of sp³-hybridized carbons (Fsp3) is 0.565. The van der Waals surface area contributed by atoms with Crippen molar-refractivity contribution in [3.8, 4) is 0 Å². The number of urea groups is 1. The first-order valence-corrected chi connectivity index (χ1v) is 18.0. The molecule has 3 N–H and O–H groups in total. The third-order valence-corrected chi connectivity index (χ3v) is 14.3. The standard InChI is InChI=1S/C23H38N4O5S3Si/c1-16-13-21(34-18(16)9-11-31-5)35(29,30)27-22(28)26-20-15-17(33-6)14-19(25-20)24-10-12-32-36(7,8)23(2,3)4/h13-15H,9-12H2,1-8H3,(H3,24,25,26,27,28). The Morgan fingerprint density at radius 1 is 1.17 bits per heavy atom. The van der Waals surface area contributed by atoms with Gasteiger partial charge in [0.25, 0.3) is 10.0 Å². The van der Waals surface area contributed by atoms with Crippen LogP contribution in [0.2, 0.25) is 18.1 Å². The van der Waals surface area contributed by atoms with Crippen molar-refractivity contribution in [3.63, 3.8) is 0 Å². The summed E-state index contributed by atoms with van der Waals surface area (Å²) in [5.74, 6) is 0.806. The molecular weight excluding hydrogens is 537 g/mol. The fourth-order valence-corrected chi connectivity index (χ4v) is 6.84. The van der Waals surface area contributed by atoms with E-state index in [0.29, 0.717) is 32.0 Å². The van der Waals surface area contributed by atoms with Crippen LogP contribution < -0.4 is 15.4 Å². The molecule has 2 heterocycles. The van der Waals surface area contributed by atoms with Crippen LogP contribution in [0, 0.1) is 6.92 Å². The van der Waals surface area contributed by atoms with E-state index in [0.717, 1.165) is 26.7 Å². The summed E-state index contributed by atoms with van der Waals surface area (Å²) in [5, 5.41) is 5.90. The van der Waals surface area contributed by atoms with Gasteiger partial charge in [-0.2, -0.15) is 0 Å². The van der Waals surface area contributed by atoms with E-state index in [4.69, 9.17) is 9.16 Å². The highest BCUT2D eigenvalue weighted by atomic mass is 32.2. The lowest BCUT2D eigenvalue weighted by Gasteiger charge is -2.36. The van der Waals surface area contributed by atoms with Crippen molar-refractivity contribution in [2.45, 2.75) is 61.4 Å². The van der Waals surface area contributed by atoms with Crippen LogP contribution in [-0.2, 0) is 25.6 Å². The predicted octanol–water partition coefficient (Wildman–Crippen LogP) is 5.31. The number of amides is 2. The van der Waals surface area contributed by atoms with E-state index in [1.165, 1.54) is 11.8 Å². The number of thioether (sulfide) groups is 1. The lowest BCUT2D eigenvalue weighted by molar-refractivity contribution is 0.203. The van der Waals surface area contributed by atoms with Gasteiger partial charge in [-0.25, -0.2) is 22.9 Å². The molecule has 0 aromatic carbocycles. The normalized spacial score (nSPS) is 12.4. The Labute approximate surface area is 224 Å². The number of carbonyl (C=O) groups is 1. The van der Waals surface area contributed by atoms with Crippen molar-refractivity contribution in [1.82, 2.24) is 9.71 Å². The zero-order chi connectivity index (χ0) is 27.1. The summed E-state index contributed by atoms with van der Waals surface area (Å²) in [6.45, 7) is 14.4. The second kappa shape index (κ2) is 12.7. The fourth-order valence-electron chi connectivity index (χ4n) is 2.86. The van der Waals surface area contributed by atoms with Crippen molar-refractivity contribution in [2.24, 2.45) is 0 Å². The third kappa shape index (κ3) is 8.73. The monoisotopic (exact) mass is 574 g/mol. The summed E-state index contributed by atoms with van der Waals surface area (Å²) in [6, 6.07) is 4.24. The second-order valence-corrected chi connectivity index (χ2v) is 18.5. The van der Waals surface area contributed by atoms with Crippen LogP contribution in [-0.4, -0.2) is 60.9 Å². The molecule has 0 saturated heterocycles. The molecule has 2 aromatic rings. The second-order valence-electron chi connectivity index (χ2n) is 9.79. The number of nitrogens with one attached hydrogen (secondary N) is 3. The van der Waals surface area contributed by atoms with Crippen LogP contribution in [0.1, 0.15) is 31.2 Å². The van der Waals surface area contributed by atoms with Crippen LogP contribution in [0.5, 0.6) is 0 Å². The first-order valence-electron chi connectivity index (χ1n) is 11.5. The van der Waals surface area contributed by atoms with Gasteiger partial charge in [-0.15, -0.1) is 23.1 Å². The molecule has 0 bridgehead atoms. The van der Waals surface area contributed by atoms with Crippen LogP contribution in [0.4, 0.5) is 16.4 Å². The van der Waals surface area contributed by atoms with Crippen molar-refractivity contribution in [3.05, 3.63) is 28.6 Å². The first kappa shape index (κ1) is 30.6. The van der Waals surface area contributed by atoms with Crippen LogP contribution in [0.25, 0.3) is 0 Å². The van der Waals surface area contributed by atoms with Gasteiger partial charge in [-0.1, -0.05) is 20.8 Å². The van der Waals surface area contributed by atoms with Crippen molar-refractivity contribution in [2.75, 3.05) is 43.8 Å². The van der Waals surface area contributed by atoms with E-state index < -0.39 is 24.4 Å². The van der Waals surface area contributed by atoms with Crippen LogP contribution in [0.15, 0.2) is 27.3 Å². The van der Waals surface area contributed by atoms with Gasteiger partial charge in [0.05, 0.1) is 13.2 Å². The van der Waals surface area contributed by atoms with Gasteiger partial charge in [-0.05, 0) is 55.1 Å². The van der Waals surface area contributed by atoms with Crippen LogP contribution in [0.3, 0.4) is 0 Å². The van der Waals surface area contributed by atoms with Gasteiger partial charge in [0.2, 0.25) is 0 Å². The average molecular weight is 575 g/mol. The van der Waals surface area contributed by atoms with Crippen molar-refractivity contribution in [1.29, 1.82) is 0 Å². The smallest absolute Gasteiger partial charge is 0.334 e. The van der Waals surface area contributed by atoms with Crippen LogP contribution >= 0.6 is 23.1 Å². The molecule has 2 aromatic heterocycles. The highest BCUT2D eigenvalue weighted by Gasteiger charge is 2.36. The minimum absolute atomic E-state index is 0.0798. The largest absolute Gasteiger partial charge is 0.415 e. The Morgan fingerprint density at radius 2 is 1.83 bits per heavy atom. The zero-order valence-corrected chi connectivity index (χ0v) is 25.7. The maximum Gasteiger partial charge on any atom is 0.334 e. The molecule has 0 aliphatic rings. The number of hydrogen-bond donors (Lipinski definition) is 3. The Bertz CT molecular complexity index is 1150. The van der Waals surface area contributed by atoms with E-state index in [1.54, 1.807) is 19.2 Å². The summed E-state index contributed by atoms with van der Waals surface area (Å²) in [6.07, 6.45) is 2.52. The predicted molar refractivity (Wildman–Crippen MR) is 152 cm³/mol. The summed E-state index contributed by atoms with van der Waals surface area (Å²) in [4.78, 5) is 18.7. The molecule has 2 amide bonds. The van der Waals surface area contributed by atoms with E-state index in [-0.39, 0.29) is 15.1 Å². The number of ether oxygens (including phenoxy) is 1. The van der Waals surface area contributed by atoms with E-state index in [9.17, 15) is 13.2 Å². The summed E-state index contributed by atoms with van der Waals surface area (Å²) in [7, 11) is -4.27. The number of aryl methyl sites for hydroxylation is 1. The molecule has 0 aliphatic heterocycles. The van der Waals surface area contributed by atoms with Gasteiger partial charge in [0.15, 0.2) is 8.32 Å². The number of anilines is 2. The minimum Gasteiger partial charge on any atom is -0.415 e. The van der Waals surface area contributed by atoms with Gasteiger partial charge >= 0.3 is 6.03 Å². The molecule has 36 heavy (non-hydrogen) atoms. The Kier molecular flexibility index (Phi) is 10.8. The topological polar surface area (TPSA) is 119 Å². The molecule has 0 unspecified atom stereocenters. The van der Waals surface area contributed by atoms with Gasteiger partial charge < -0.3 is 14.5 Å².